The van der Waals surface area contributed by atoms with Gasteiger partial charge in [-0.2, -0.15) is 0 Å². The lowest BCUT2D eigenvalue weighted by Crippen LogP contribution is -2.29. The van der Waals surface area contributed by atoms with E-state index in [-0.39, 0.29) is 17.4 Å². The normalized spacial score (nSPS) is 17.4. The number of halogens is 1. The number of Topliss-reactive ketones (excluding diaryl/α,β-unsaturated/α-hetero) is 1. The number of amides is 1. The van der Waals surface area contributed by atoms with Crippen molar-refractivity contribution in [3.8, 4) is 5.75 Å². The van der Waals surface area contributed by atoms with Gasteiger partial charge in [-0.15, -0.1) is 0 Å². The molecule has 1 aliphatic heterocycles. The van der Waals surface area contributed by atoms with Gasteiger partial charge in [0, 0.05) is 38.9 Å². The van der Waals surface area contributed by atoms with E-state index in [0.29, 0.717) is 27.6 Å². The lowest BCUT2D eigenvalue weighted by molar-refractivity contribution is -0.132. The summed E-state index contributed by atoms with van der Waals surface area (Å²) in [4.78, 5) is 31.6. The van der Waals surface area contributed by atoms with Gasteiger partial charge in [-0.25, -0.2) is 0 Å². The monoisotopic (exact) mass is 500 g/mol. The molecule has 1 amide bonds. The molecular weight excluding hydrogens is 476 g/mol. The number of aliphatic hydroxyl groups is 1. The van der Waals surface area contributed by atoms with E-state index in [2.05, 4.69) is 4.98 Å². The highest BCUT2D eigenvalue weighted by Gasteiger charge is 2.47. The number of ether oxygens (including phenoxy) is 1. The fourth-order valence-electron chi connectivity index (χ4n) is 4.59. The van der Waals surface area contributed by atoms with Crippen molar-refractivity contribution in [2.75, 3.05) is 4.90 Å². The number of fused-ring (bicyclic) bond motifs is 1. The lowest BCUT2D eigenvalue weighted by atomic mass is 9.94. The van der Waals surface area contributed by atoms with E-state index in [9.17, 15) is 14.7 Å². The van der Waals surface area contributed by atoms with E-state index in [0.717, 1.165) is 16.5 Å². The van der Waals surface area contributed by atoms with Gasteiger partial charge >= 0.3 is 0 Å². The number of nitrogens with zero attached hydrogens (tertiary/aromatic N) is 1. The van der Waals surface area contributed by atoms with Gasteiger partial charge in [-0.1, -0.05) is 48.0 Å². The Labute approximate surface area is 213 Å². The number of benzene rings is 3. The summed E-state index contributed by atoms with van der Waals surface area (Å²) in [6, 6.07) is 18.9. The molecule has 4 aromatic rings. The Hall–Kier alpha value is -4.03. The van der Waals surface area contributed by atoms with Crippen LogP contribution >= 0.6 is 11.6 Å². The van der Waals surface area contributed by atoms with Crippen LogP contribution in [0.1, 0.15) is 36.6 Å². The van der Waals surface area contributed by atoms with Crippen LogP contribution in [0.25, 0.3) is 16.7 Å². The zero-order chi connectivity index (χ0) is 25.6. The van der Waals surface area contributed by atoms with Crippen LogP contribution < -0.4 is 9.64 Å². The standard InChI is InChI=1S/C29H25ClN2O4/c1-16(2)36-20-8-6-7-18(13-20)27(33)25-26(22-15-31-24-10-5-4-9-21(22)24)32(29(35)28(25)34)19-12-11-17(3)23(30)14-19/h4-16,26,31,33H,1-3H3/b27-25+. The van der Waals surface area contributed by atoms with E-state index in [1.54, 1.807) is 48.7 Å². The number of rotatable bonds is 5. The molecule has 36 heavy (non-hydrogen) atoms. The number of carbonyl (C=O) groups excluding carboxylic acids is 2. The molecule has 1 atom stereocenters. The molecule has 182 valence electrons. The molecule has 5 rings (SSSR count). The summed E-state index contributed by atoms with van der Waals surface area (Å²) in [5.74, 6) is -1.22. The number of nitrogens with one attached hydrogen (secondary N) is 1. The van der Waals surface area contributed by atoms with Crippen LogP contribution in [0.3, 0.4) is 0 Å². The van der Waals surface area contributed by atoms with Gasteiger partial charge in [0.1, 0.15) is 11.5 Å². The molecule has 1 fully saturated rings. The Morgan fingerprint density at radius 3 is 2.58 bits per heavy atom. The molecule has 1 aromatic heterocycles. The van der Waals surface area contributed by atoms with Crippen molar-refractivity contribution in [2.45, 2.75) is 32.9 Å². The van der Waals surface area contributed by atoms with Gasteiger partial charge in [-0.05, 0) is 56.7 Å². The Balaban J connectivity index is 1.74. The van der Waals surface area contributed by atoms with Gasteiger partial charge in [0.05, 0.1) is 17.7 Å². The van der Waals surface area contributed by atoms with Gasteiger partial charge < -0.3 is 14.8 Å². The molecule has 2 heterocycles. The molecule has 0 bridgehead atoms. The van der Waals surface area contributed by atoms with Crippen LogP contribution in [-0.4, -0.2) is 27.9 Å². The zero-order valence-electron chi connectivity index (χ0n) is 20.1. The van der Waals surface area contributed by atoms with Crippen LogP contribution in [0.2, 0.25) is 5.02 Å². The summed E-state index contributed by atoms with van der Waals surface area (Å²) in [5, 5.41) is 12.8. The van der Waals surface area contributed by atoms with Gasteiger partial charge in [0.15, 0.2) is 0 Å². The SMILES string of the molecule is Cc1ccc(N2C(=O)C(=O)/C(=C(/O)c3cccc(OC(C)C)c3)C2c2c[nH]c3ccccc23)cc1Cl. The number of hydrogen-bond acceptors (Lipinski definition) is 4. The van der Waals surface area contributed by atoms with Crippen LogP contribution in [0.4, 0.5) is 5.69 Å². The van der Waals surface area contributed by atoms with Gasteiger partial charge in [0.25, 0.3) is 11.7 Å². The Morgan fingerprint density at radius 2 is 1.83 bits per heavy atom. The summed E-state index contributed by atoms with van der Waals surface area (Å²) < 4.78 is 5.77. The average Bonchev–Trinajstić information content (AvgIpc) is 3.39. The number of ketones is 1. The van der Waals surface area contributed by atoms with E-state index < -0.39 is 17.7 Å². The van der Waals surface area contributed by atoms with E-state index in [4.69, 9.17) is 16.3 Å². The first-order chi connectivity index (χ1) is 17.3. The number of para-hydroxylation sites is 1. The third kappa shape index (κ3) is 4.03. The number of H-pyrrole nitrogens is 1. The maximum atomic E-state index is 13.5. The lowest BCUT2D eigenvalue weighted by Gasteiger charge is -2.25. The highest BCUT2D eigenvalue weighted by molar-refractivity contribution is 6.52. The third-order valence-corrected chi connectivity index (χ3v) is 6.68. The Kier molecular flexibility index (Phi) is 6.06. The largest absolute Gasteiger partial charge is 0.507 e. The van der Waals surface area contributed by atoms with Crippen LogP contribution in [0, 0.1) is 6.92 Å². The molecule has 0 saturated carbocycles. The highest BCUT2D eigenvalue weighted by Crippen LogP contribution is 2.45. The summed E-state index contributed by atoms with van der Waals surface area (Å²) in [7, 11) is 0. The van der Waals surface area contributed by atoms with Crippen LogP contribution in [0.5, 0.6) is 5.75 Å². The molecule has 1 unspecified atom stereocenters. The second-order valence-corrected chi connectivity index (χ2v) is 9.49. The first-order valence-corrected chi connectivity index (χ1v) is 12.0. The summed E-state index contributed by atoms with van der Waals surface area (Å²) in [6.07, 6.45) is 1.71. The predicted octanol–water partition coefficient (Wildman–Crippen LogP) is 6.54. The number of aryl methyl sites for hydroxylation is 1. The van der Waals surface area contributed by atoms with E-state index >= 15 is 0 Å². The van der Waals surface area contributed by atoms with Crippen molar-refractivity contribution < 1.29 is 19.4 Å². The van der Waals surface area contributed by atoms with Crippen molar-refractivity contribution >= 4 is 45.6 Å². The number of aromatic amines is 1. The van der Waals surface area contributed by atoms with Crippen molar-refractivity contribution in [3.63, 3.8) is 0 Å². The van der Waals surface area contributed by atoms with Gasteiger partial charge in [-0.3, -0.25) is 14.5 Å². The second-order valence-electron chi connectivity index (χ2n) is 9.09. The fraction of sp³-hybridized carbons (Fsp3) is 0.172. The number of anilines is 1. The van der Waals surface area contributed by atoms with Crippen molar-refractivity contribution in [1.29, 1.82) is 0 Å². The molecule has 0 radical (unpaired) electrons. The summed E-state index contributed by atoms with van der Waals surface area (Å²) in [5.41, 5.74) is 3.26. The predicted molar refractivity (Wildman–Crippen MR) is 141 cm³/mol. The van der Waals surface area contributed by atoms with Crippen molar-refractivity contribution in [2.24, 2.45) is 0 Å². The maximum Gasteiger partial charge on any atom is 0.300 e. The molecule has 6 nitrogen and oxygen atoms in total. The van der Waals surface area contributed by atoms with Gasteiger partial charge in [0.2, 0.25) is 0 Å². The van der Waals surface area contributed by atoms with Crippen molar-refractivity contribution in [3.05, 3.63) is 100 Å². The average molecular weight is 501 g/mol. The summed E-state index contributed by atoms with van der Waals surface area (Å²) >= 11 is 6.39. The smallest absolute Gasteiger partial charge is 0.300 e. The molecular formula is C29H25ClN2O4. The second kappa shape index (κ2) is 9.21. The third-order valence-electron chi connectivity index (χ3n) is 6.27. The molecule has 1 saturated heterocycles. The Bertz CT molecular complexity index is 1540. The minimum Gasteiger partial charge on any atom is -0.507 e. The summed E-state index contributed by atoms with van der Waals surface area (Å²) in [6.45, 7) is 5.67. The first kappa shape index (κ1) is 23.7. The molecule has 2 N–H and O–H groups in total. The molecule has 7 heteroatoms. The van der Waals surface area contributed by atoms with Crippen molar-refractivity contribution in [1.82, 2.24) is 4.98 Å². The minimum atomic E-state index is -0.866. The van der Waals surface area contributed by atoms with E-state index in [1.807, 2.05) is 45.0 Å². The number of aliphatic hydroxyl groups excluding tert-OH is 1. The first-order valence-electron chi connectivity index (χ1n) is 11.7. The quantitative estimate of drug-likeness (QED) is 0.185. The van der Waals surface area contributed by atoms with Crippen LogP contribution in [0.15, 0.2) is 78.5 Å². The fourth-order valence-corrected chi connectivity index (χ4v) is 4.76. The number of hydrogen-bond donors (Lipinski definition) is 2. The Morgan fingerprint density at radius 1 is 1.06 bits per heavy atom. The topological polar surface area (TPSA) is 82.6 Å². The van der Waals surface area contributed by atoms with E-state index in [1.165, 1.54) is 4.90 Å². The molecule has 0 spiro atoms. The number of aromatic nitrogens is 1. The molecule has 1 aliphatic rings. The molecule has 3 aromatic carbocycles. The highest BCUT2D eigenvalue weighted by atomic mass is 35.5. The van der Waals surface area contributed by atoms with Crippen LogP contribution in [-0.2, 0) is 9.59 Å². The maximum absolute atomic E-state index is 13.5. The minimum absolute atomic E-state index is 0.00291. The zero-order valence-corrected chi connectivity index (χ0v) is 20.8. The molecule has 0 aliphatic carbocycles. The number of carbonyl (C=O) groups is 2.